The van der Waals surface area contributed by atoms with E-state index in [1.54, 1.807) is 69.2 Å². The topological polar surface area (TPSA) is 175 Å². The van der Waals surface area contributed by atoms with Gasteiger partial charge in [0.05, 0.1) is 57.0 Å². The van der Waals surface area contributed by atoms with Crippen molar-refractivity contribution < 1.29 is 37.0 Å². The molecule has 0 saturated carbocycles. The number of methoxy groups -OCH3 is 1. The van der Waals surface area contributed by atoms with Crippen molar-refractivity contribution in [3.63, 3.8) is 0 Å². The lowest BCUT2D eigenvalue weighted by molar-refractivity contribution is -0.264. The lowest BCUT2D eigenvalue weighted by atomic mass is 9.91. The fourth-order valence-electron chi connectivity index (χ4n) is 12.2. The van der Waals surface area contributed by atoms with Gasteiger partial charge < -0.3 is 44.0 Å². The molecule has 0 aliphatic carbocycles. The van der Waals surface area contributed by atoms with Crippen molar-refractivity contribution in [2.45, 2.75) is 64.0 Å². The molecular weight excluding hydrogens is 1050 g/mol. The van der Waals surface area contributed by atoms with Crippen molar-refractivity contribution in [2.24, 2.45) is 0 Å². The zero-order valence-electron chi connectivity index (χ0n) is 45.0. The third kappa shape index (κ3) is 8.58. The Hall–Kier alpha value is -9.72. The Labute approximate surface area is 467 Å². The number of nitrogens with zero attached hydrogens (tertiary/aromatic N) is 8. The fraction of sp³-hybridized carbons (Fsp3) is 0.190. The molecule has 0 radical (unpaired) electrons. The van der Waals surface area contributed by atoms with Gasteiger partial charge in [-0.2, -0.15) is 13.2 Å². The van der Waals surface area contributed by atoms with E-state index >= 15 is 0 Å². The number of para-hydroxylation sites is 2. The van der Waals surface area contributed by atoms with Crippen LogP contribution in [0.5, 0.6) is 0 Å². The van der Waals surface area contributed by atoms with Crippen LogP contribution in [0.3, 0.4) is 0 Å². The molecule has 3 amide bonds. The van der Waals surface area contributed by atoms with Crippen molar-refractivity contribution in [1.29, 1.82) is 0 Å². The molecule has 1 saturated heterocycles. The van der Waals surface area contributed by atoms with Crippen molar-refractivity contribution in [3.8, 4) is 16.9 Å². The number of aromatic nitrogens is 7. The molecule has 3 aliphatic rings. The van der Waals surface area contributed by atoms with Gasteiger partial charge in [-0.3, -0.25) is 19.4 Å². The van der Waals surface area contributed by atoms with Crippen molar-refractivity contribution in [2.75, 3.05) is 24.8 Å². The molecule has 3 aliphatic heterocycles. The number of nitrogens with one attached hydrogen (secondary N) is 3. The van der Waals surface area contributed by atoms with E-state index in [1.165, 1.54) is 17.0 Å². The SMILES string of the molecule is CO[C@@H]1[C@H](N(C)C(=O)c2ccccc2)C[C@H]2O[C@]1(C)n1c3ccccc3c3c4c(c5c6ccccc6n2c5c31)C(=O)NC4.Cc1cn(-c2cc(NC(=O)c3ccc(C)c(Nc4nccc(-c5cccnc5)n4)c3)cc(C(F)(F)F)c2)cn1. The summed E-state index contributed by atoms with van der Waals surface area (Å²) in [6.07, 6.45) is 3.00. The predicted octanol–water partition coefficient (Wildman–Crippen LogP) is 12.3. The molecule has 1 fully saturated rings. The highest BCUT2D eigenvalue weighted by molar-refractivity contribution is 6.31. The number of pyridine rings is 1. The average molecular weight is 1100 g/mol. The maximum atomic E-state index is 13.9. The molecule has 6 aromatic carbocycles. The number of carbonyl (C=O) groups is 3. The van der Waals surface area contributed by atoms with E-state index in [1.807, 2.05) is 79.5 Å². The summed E-state index contributed by atoms with van der Waals surface area (Å²) < 4.78 is 60.4. The Kier molecular flexibility index (Phi) is 12.5. The number of rotatable bonds is 9. The van der Waals surface area contributed by atoms with E-state index in [2.05, 4.69) is 76.2 Å². The first-order valence-electron chi connectivity index (χ1n) is 26.6. The third-order valence-electron chi connectivity index (χ3n) is 15.9. The lowest BCUT2D eigenvalue weighted by Crippen LogP contribution is -2.61. The van der Waals surface area contributed by atoms with Gasteiger partial charge in [0.2, 0.25) is 5.95 Å². The number of alkyl halides is 3. The second kappa shape index (κ2) is 19.8. The highest BCUT2D eigenvalue weighted by Crippen LogP contribution is 2.54. The van der Waals surface area contributed by atoms with Gasteiger partial charge in [-0.15, -0.1) is 0 Å². The quantitative estimate of drug-likeness (QED) is 0.126. The van der Waals surface area contributed by atoms with Crippen LogP contribution < -0.4 is 16.0 Å². The molecule has 11 aromatic rings. The number of hydrogen-bond acceptors (Lipinski definition) is 10. The van der Waals surface area contributed by atoms with Crippen LogP contribution in [0, 0.1) is 13.8 Å². The third-order valence-corrected chi connectivity index (χ3v) is 15.9. The Morgan fingerprint density at radius 2 is 1.60 bits per heavy atom. The summed E-state index contributed by atoms with van der Waals surface area (Å²) in [6, 6.07) is 39.4. The maximum absolute atomic E-state index is 13.9. The average Bonchev–Trinajstić information content (AvgIpc) is 2.43. The molecule has 19 heteroatoms. The summed E-state index contributed by atoms with van der Waals surface area (Å²) in [5, 5.41) is 13.0. The maximum Gasteiger partial charge on any atom is 0.416 e. The number of halogens is 3. The number of imidazole rings is 1. The van der Waals surface area contributed by atoms with E-state index in [0.717, 1.165) is 78.0 Å². The molecule has 410 valence electrons. The number of likely N-dealkylation sites (N-methyl/N-ethyl adjacent to an activating group) is 1. The molecule has 82 heavy (non-hydrogen) atoms. The van der Waals surface area contributed by atoms with Gasteiger partial charge >= 0.3 is 6.18 Å². The fourth-order valence-corrected chi connectivity index (χ4v) is 12.2. The monoisotopic (exact) mass is 1100 g/mol. The number of fused-ring (bicyclic) bond motifs is 13. The first-order chi connectivity index (χ1) is 39.6. The van der Waals surface area contributed by atoms with Crippen molar-refractivity contribution >= 4 is 78.7 Å². The van der Waals surface area contributed by atoms with Gasteiger partial charge in [0.1, 0.15) is 12.3 Å². The molecule has 5 aromatic heterocycles. The van der Waals surface area contributed by atoms with Gasteiger partial charge in [-0.05, 0) is 105 Å². The van der Waals surface area contributed by atoms with Gasteiger partial charge in [0.15, 0.2) is 5.72 Å². The highest BCUT2D eigenvalue weighted by Gasteiger charge is 2.55. The normalized spacial score (nSPS) is 18.0. The molecule has 8 heterocycles. The van der Waals surface area contributed by atoms with Crippen LogP contribution in [0.1, 0.15) is 73.0 Å². The Balaban J connectivity index is 0.000000155. The van der Waals surface area contributed by atoms with Gasteiger partial charge in [0.25, 0.3) is 17.7 Å². The van der Waals surface area contributed by atoms with Crippen LogP contribution in [0.15, 0.2) is 165 Å². The molecular formula is C63H52F3N11O5. The first kappa shape index (κ1) is 51.7. The number of carbonyl (C=O) groups excluding carboxylic acids is 3. The summed E-state index contributed by atoms with van der Waals surface area (Å²) in [5.74, 6) is -0.366. The predicted molar refractivity (Wildman–Crippen MR) is 306 cm³/mol. The van der Waals surface area contributed by atoms with Gasteiger partial charge in [-0.1, -0.05) is 60.7 Å². The number of anilines is 3. The molecule has 16 nitrogen and oxygen atoms in total. The van der Waals surface area contributed by atoms with Crippen LogP contribution in [0.2, 0.25) is 0 Å². The van der Waals surface area contributed by atoms with Crippen LogP contribution in [-0.2, 0) is 27.9 Å². The largest absolute Gasteiger partial charge is 0.416 e. The molecule has 0 unspecified atom stereocenters. The Bertz CT molecular complexity index is 4390. The van der Waals surface area contributed by atoms with E-state index in [9.17, 15) is 27.6 Å². The first-order valence-corrected chi connectivity index (χ1v) is 26.6. The highest BCUT2D eigenvalue weighted by atomic mass is 19.4. The zero-order valence-corrected chi connectivity index (χ0v) is 45.0. The van der Waals surface area contributed by atoms with Crippen LogP contribution in [0.25, 0.3) is 60.6 Å². The molecule has 2 bridgehead atoms. The minimum absolute atomic E-state index is 0.00114. The standard InChI is InChI=1S/C35H30N4O4.C28H22F3N7O/c1-35-32(42-3)25(37(2)34(41)19-11-5-4-6-12-19)17-26(43-35)38-23-15-9-7-13-20(23)28-29-22(18-36-33(29)40)27-21-14-8-10-16-24(21)39(35)31(27)30(28)38;1-17-5-6-19(10-25(17)37-27-33-9-7-24(36-27)20-4-3-8-32-14-20)26(39)35-22-11-21(28(29,30)31)12-23(13-22)38-15-18(2)34-16-38/h4-16,25-26,32H,17-18H2,1-3H3,(H,36,40);3-16H,1-2H3,(H,35,39)(H,33,36,37)/t25-,26-,32-,35+;/m1./s1. The van der Waals surface area contributed by atoms with E-state index in [0.29, 0.717) is 41.6 Å². The molecule has 0 spiro atoms. The van der Waals surface area contributed by atoms with Crippen molar-refractivity contribution in [3.05, 3.63) is 204 Å². The van der Waals surface area contributed by atoms with E-state index < -0.39 is 35.7 Å². The van der Waals surface area contributed by atoms with E-state index in [4.69, 9.17) is 9.47 Å². The van der Waals surface area contributed by atoms with Crippen molar-refractivity contribution in [1.82, 2.24) is 43.9 Å². The smallest absolute Gasteiger partial charge is 0.374 e. The zero-order chi connectivity index (χ0) is 56.8. The van der Waals surface area contributed by atoms with Gasteiger partial charge in [0, 0.05) is 107 Å². The minimum atomic E-state index is -4.60. The Morgan fingerprint density at radius 1 is 0.841 bits per heavy atom. The summed E-state index contributed by atoms with van der Waals surface area (Å²) >= 11 is 0. The second-order valence-corrected chi connectivity index (χ2v) is 20.9. The number of ether oxygens (including phenoxy) is 2. The van der Waals surface area contributed by atoms with E-state index in [-0.39, 0.29) is 34.8 Å². The summed E-state index contributed by atoms with van der Waals surface area (Å²) in [5.41, 5.74) is 8.55. The minimum Gasteiger partial charge on any atom is -0.374 e. The van der Waals surface area contributed by atoms with Crippen LogP contribution >= 0.6 is 0 Å². The second-order valence-electron chi connectivity index (χ2n) is 20.9. The summed E-state index contributed by atoms with van der Waals surface area (Å²) in [6.45, 7) is 6.14. The molecule has 3 N–H and O–H groups in total. The Morgan fingerprint density at radius 3 is 2.33 bits per heavy atom. The van der Waals surface area contributed by atoms with Gasteiger partial charge in [-0.25, -0.2) is 15.0 Å². The number of amides is 3. The summed E-state index contributed by atoms with van der Waals surface area (Å²) in [7, 11) is 3.57. The summed E-state index contributed by atoms with van der Waals surface area (Å²) in [4.78, 5) is 59.3. The number of benzene rings is 6. The number of aryl methyl sites for hydroxylation is 2. The lowest BCUT2D eigenvalue weighted by Gasteiger charge is -2.50. The van der Waals surface area contributed by atoms with Crippen LogP contribution in [0.4, 0.5) is 30.5 Å². The van der Waals surface area contributed by atoms with Crippen LogP contribution in [-0.4, -0.2) is 82.6 Å². The number of hydrogen-bond donors (Lipinski definition) is 3. The molecule has 14 rings (SSSR count). The molecule has 4 atom stereocenters.